The van der Waals surface area contributed by atoms with Crippen molar-refractivity contribution in [3.8, 4) is 11.5 Å². The van der Waals surface area contributed by atoms with Crippen LogP contribution in [0, 0.1) is 0 Å². The number of benzene rings is 1. The van der Waals surface area contributed by atoms with E-state index < -0.39 is 9.84 Å². The third kappa shape index (κ3) is 3.53. The molecule has 0 aliphatic carbocycles. The van der Waals surface area contributed by atoms with E-state index in [1.165, 1.54) is 32.5 Å². The number of nitrogens with zero attached hydrogens (tertiary/aromatic N) is 1. The SMILES string of the molecule is COc1ccc(CS(=O)(=O)c2ccc(Cl)cn2)c(Br)c1OC. The quantitative estimate of drug-likeness (QED) is 0.760. The Balaban J connectivity index is 2.40. The van der Waals surface area contributed by atoms with Gasteiger partial charge in [-0.2, -0.15) is 0 Å². The van der Waals surface area contributed by atoms with E-state index in [4.69, 9.17) is 21.1 Å². The zero-order valence-corrected chi connectivity index (χ0v) is 15.0. The number of aromatic nitrogens is 1. The average Bonchev–Trinajstić information content (AvgIpc) is 2.49. The topological polar surface area (TPSA) is 65.5 Å². The minimum atomic E-state index is -3.59. The molecule has 0 N–H and O–H groups in total. The van der Waals surface area contributed by atoms with E-state index in [-0.39, 0.29) is 10.8 Å². The van der Waals surface area contributed by atoms with Gasteiger partial charge < -0.3 is 9.47 Å². The van der Waals surface area contributed by atoms with Gasteiger partial charge in [-0.15, -0.1) is 0 Å². The molecule has 2 aromatic rings. The van der Waals surface area contributed by atoms with Gasteiger partial charge in [0.05, 0.1) is 29.5 Å². The molecule has 22 heavy (non-hydrogen) atoms. The minimum absolute atomic E-state index is 0.0291. The van der Waals surface area contributed by atoms with Gasteiger partial charge in [0.15, 0.2) is 26.4 Å². The summed E-state index contributed by atoms with van der Waals surface area (Å²) in [5.74, 6) is 0.738. The fraction of sp³-hybridized carbons (Fsp3) is 0.214. The molecule has 8 heteroatoms. The minimum Gasteiger partial charge on any atom is -0.493 e. The van der Waals surface area contributed by atoms with Crippen LogP contribution < -0.4 is 9.47 Å². The lowest BCUT2D eigenvalue weighted by atomic mass is 10.2. The van der Waals surface area contributed by atoms with Crippen LogP contribution in [0.15, 0.2) is 40.0 Å². The third-order valence-electron chi connectivity index (χ3n) is 2.93. The molecule has 118 valence electrons. The molecule has 0 fully saturated rings. The molecule has 1 heterocycles. The van der Waals surface area contributed by atoms with Gasteiger partial charge in [-0.1, -0.05) is 17.7 Å². The molecule has 1 aromatic carbocycles. The van der Waals surface area contributed by atoms with Crippen LogP contribution in [-0.4, -0.2) is 27.6 Å². The molecule has 0 saturated carbocycles. The monoisotopic (exact) mass is 405 g/mol. The summed E-state index contributed by atoms with van der Waals surface area (Å²) >= 11 is 9.08. The van der Waals surface area contributed by atoms with Crippen molar-refractivity contribution in [2.75, 3.05) is 14.2 Å². The molecule has 0 atom stereocenters. The predicted octanol–water partition coefficient (Wildman–Crippen LogP) is 3.49. The molecular formula is C14H13BrClNO4S. The lowest BCUT2D eigenvalue weighted by molar-refractivity contribution is 0.352. The van der Waals surface area contributed by atoms with Crippen LogP contribution in [0.1, 0.15) is 5.56 Å². The molecule has 0 spiro atoms. The highest BCUT2D eigenvalue weighted by Gasteiger charge is 2.21. The van der Waals surface area contributed by atoms with Gasteiger partial charge in [0.1, 0.15) is 0 Å². The Labute approximate surface area is 142 Å². The number of rotatable bonds is 5. The maximum absolute atomic E-state index is 12.4. The van der Waals surface area contributed by atoms with Crippen molar-refractivity contribution in [1.82, 2.24) is 4.98 Å². The molecule has 0 unspecified atom stereocenters. The maximum Gasteiger partial charge on any atom is 0.199 e. The highest BCUT2D eigenvalue weighted by molar-refractivity contribution is 9.10. The lowest BCUT2D eigenvalue weighted by Crippen LogP contribution is -2.08. The van der Waals surface area contributed by atoms with Gasteiger partial charge in [0.2, 0.25) is 0 Å². The molecule has 0 aliphatic rings. The Morgan fingerprint density at radius 1 is 1.18 bits per heavy atom. The van der Waals surface area contributed by atoms with Crippen LogP contribution in [-0.2, 0) is 15.6 Å². The van der Waals surface area contributed by atoms with E-state index in [1.54, 1.807) is 12.1 Å². The van der Waals surface area contributed by atoms with Crippen molar-refractivity contribution in [1.29, 1.82) is 0 Å². The fourth-order valence-electron chi connectivity index (χ4n) is 1.87. The maximum atomic E-state index is 12.4. The second-order valence-corrected chi connectivity index (χ2v) is 7.51. The standard InChI is InChI=1S/C14H13BrClNO4S/c1-20-11-5-3-9(13(15)14(11)21-2)8-22(18,19)12-6-4-10(16)7-17-12/h3-7H,8H2,1-2H3. The van der Waals surface area contributed by atoms with Gasteiger partial charge in [-0.05, 0) is 39.7 Å². The molecule has 5 nitrogen and oxygen atoms in total. The van der Waals surface area contributed by atoms with E-state index in [1.807, 2.05) is 0 Å². The van der Waals surface area contributed by atoms with Crippen LogP contribution in [0.25, 0.3) is 0 Å². The van der Waals surface area contributed by atoms with Crippen molar-refractivity contribution in [2.24, 2.45) is 0 Å². The number of sulfone groups is 1. The van der Waals surface area contributed by atoms with Crippen LogP contribution in [0.5, 0.6) is 11.5 Å². The van der Waals surface area contributed by atoms with Crippen LogP contribution in [0.3, 0.4) is 0 Å². The average molecular weight is 407 g/mol. The van der Waals surface area contributed by atoms with Gasteiger partial charge in [0, 0.05) is 6.20 Å². The zero-order valence-electron chi connectivity index (χ0n) is 11.8. The Morgan fingerprint density at radius 2 is 1.91 bits per heavy atom. The molecule has 0 radical (unpaired) electrons. The first-order valence-electron chi connectivity index (χ1n) is 6.12. The van der Waals surface area contributed by atoms with E-state index in [0.717, 1.165) is 0 Å². The third-order valence-corrected chi connectivity index (χ3v) is 5.59. The number of halogens is 2. The molecule has 0 aliphatic heterocycles. The van der Waals surface area contributed by atoms with Crippen molar-refractivity contribution < 1.29 is 17.9 Å². The molecule has 0 amide bonds. The smallest absolute Gasteiger partial charge is 0.199 e. The highest BCUT2D eigenvalue weighted by atomic mass is 79.9. The van der Waals surface area contributed by atoms with Crippen LogP contribution >= 0.6 is 27.5 Å². The summed E-state index contributed by atoms with van der Waals surface area (Å²) in [6.45, 7) is 0. The predicted molar refractivity (Wildman–Crippen MR) is 87.4 cm³/mol. The van der Waals surface area contributed by atoms with Gasteiger partial charge in [-0.3, -0.25) is 0 Å². The number of methoxy groups -OCH3 is 2. The van der Waals surface area contributed by atoms with Crippen molar-refractivity contribution in [3.63, 3.8) is 0 Å². The molecule has 1 aromatic heterocycles. The summed E-state index contributed by atoms with van der Waals surface area (Å²) in [5.41, 5.74) is 0.550. The second-order valence-electron chi connectivity index (χ2n) is 4.35. The molecule has 0 bridgehead atoms. The largest absolute Gasteiger partial charge is 0.493 e. The molecular weight excluding hydrogens is 394 g/mol. The Morgan fingerprint density at radius 3 is 2.45 bits per heavy atom. The molecule has 0 saturated heterocycles. The molecule has 2 rings (SSSR count). The summed E-state index contributed by atoms with van der Waals surface area (Å²) in [4.78, 5) is 3.86. The first-order valence-corrected chi connectivity index (χ1v) is 8.95. The normalized spacial score (nSPS) is 11.3. The number of pyridine rings is 1. The van der Waals surface area contributed by atoms with Gasteiger partial charge in [0.25, 0.3) is 0 Å². The number of ether oxygens (including phenoxy) is 2. The highest BCUT2D eigenvalue weighted by Crippen LogP contribution is 2.38. The van der Waals surface area contributed by atoms with E-state index >= 15 is 0 Å². The summed E-state index contributed by atoms with van der Waals surface area (Å²) < 4.78 is 35.8. The van der Waals surface area contributed by atoms with Gasteiger partial charge in [-0.25, -0.2) is 13.4 Å². The van der Waals surface area contributed by atoms with E-state index in [9.17, 15) is 8.42 Å². The van der Waals surface area contributed by atoms with E-state index in [2.05, 4.69) is 20.9 Å². The number of hydrogen-bond acceptors (Lipinski definition) is 5. The lowest BCUT2D eigenvalue weighted by Gasteiger charge is -2.13. The van der Waals surface area contributed by atoms with Crippen molar-refractivity contribution >= 4 is 37.4 Å². The number of hydrogen-bond donors (Lipinski definition) is 0. The fourth-order valence-corrected chi connectivity index (χ4v) is 4.08. The second kappa shape index (κ2) is 6.85. The van der Waals surface area contributed by atoms with Gasteiger partial charge >= 0.3 is 0 Å². The summed E-state index contributed by atoms with van der Waals surface area (Å²) in [5, 5.41) is 0.352. The summed E-state index contributed by atoms with van der Waals surface area (Å²) in [6, 6.07) is 6.19. The van der Waals surface area contributed by atoms with Crippen LogP contribution in [0.2, 0.25) is 5.02 Å². The van der Waals surface area contributed by atoms with Crippen LogP contribution in [0.4, 0.5) is 0 Å². The Hall–Kier alpha value is -1.31. The first kappa shape index (κ1) is 17.1. The Bertz CT molecular complexity index is 778. The van der Waals surface area contributed by atoms with Crippen molar-refractivity contribution in [3.05, 3.63) is 45.5 Å². The summed E-state index contributed by atoms with van der Waals surface area (Å²) in [7, 11) is -0.593. The summed E-state index contributed by atoms with van der Waals surface area (Å²) in [6.07, 6.45) is 1.30. The zero-order chi connectivity index (χ0) is 16.3. The van der Waals surface area contributed by atoms with E-state index in [0.29, 0.717) is 26.6 Å². The first-order chi connectivity index (χ1) is 10.4. The van der Waals surface area contributed by atoms with Crippen molar-refractivity contribution in [2.45, 2.75) is 10.8 Å². The Kier molecular flexibility index (Phi) is 5.31.